The van der Waals surface area contributed by atoms with Crippen LogP contribution in [-0.2, 0) is 11.2 Å². The fourth-order valence-corrected chi connectivity index (χ4v) is 4.13. The normalized spacial score (nSPS) is 12.8. The Morgan fingerprint density at radius 1 is 1.24 bits per heavy atom. The van der Waals surface area contributed by atoms with E-state index in [1.54, 1.807) is 31.4 Å². The van der Waals surface area contributed by atoms with Crippen LogP contribution in [0, 0.1) is 5.41 Å². The number of amidine groups is 1. The van der Waals surface area contributed by atoms with E-state index in [4.69, 9.17) is 25.4 Å². The van der Waals surface area contributed by atoms with Crippen molar-refractivity contribution in [2.45, 2.75) is 19.4 Å². The highest BCUT2D eigenvalue weighted by Crippen LogP contribution is 2.40. The molecule has 3 heterocycles. The van der Waals surface area contributed by atoms with Crippen molar-refractivity contribution in [3.63, 3.8) is 0 Å². The van der Waals surface area contributed by atoms with Gasteiger partial charge in [0.15, 0.2) is 23.1 Å². The summed E-state index contributed by atoms with van der Waals surface area (Å²) in [6, 6.07) is 9.34. The minimum atomic E-state index is -0.745. The van der Waals surface area contributed by atoms with Crippen LogP contribution >= 0.6 is 0 Å². The Morgan fingerprint density at radius 3 is 2.74 bits per heavy atom. The van der Waals surface area contributed by atoms with Crippen molar-refractivity contribution < 1.29 is 19.0 Å². The highest BCUT2D eigenvalue weighted by atomic mass is 16.5. The monoisotopic (exact) mass is 516 g/mol. The second-order valence-corrected chi connectivity index (χ2v) is 8.38. The van der Waals surface area contributed by atoms with Crippen molar-refractivity contribution in [1.82, 2.24) is 24.7 Å². The van der Waals surface area contributed by atoms with E-state index in [0.717, 1.165) is 10.2 Å². The van der Waals surface area contributed by atoms with Gasteiger partial charge in [-0.15, -0.1) is 9.78 Å². The second kappa shape index (κ2) is 10.0. The van der Waals surface area contributed by atoms with Gasteiger partial charge in [-0.3, -0.25) is 15.2 Å². The average Bonchev–Trinajstić information content (AvgIpc) is 3.54. The van der Waals surface area contributed by atoms with Gasteiger partial charge in [-0.1, -0.05) is 0 Å². The van der Waals surface area contributed by atoms with E-state index < -0.39 is 17.7 Å². The Balaban J connectivity index is 1.65. The number of hydrogen-bond acceptors (Lipinski definition) is 10. The number of rotatable bonds is 8. The number of carbonyl (C=O) groups excluding carboxylic acids is 1. The van der Waals surface area contributed by atoms with Gasteiger partial charge >= 0.3 is 11.7 Å². The Kier molecular flexibility index (Phi) is 6.47. The van der Waals surface area contributed by atoms with Gasteiger partial charge < -0.3 is 25.3 Å². The van der Waals surface area contributed by atoms with E-state index in [0.29, 0.717) is 41.3 Å². The highest BCUT2D eigenvalue weighted by Gasteiger charge is 2.27. The molecule has 5 N–H and O–H groups in total. The number of aromatic nitrogens is 5. The quantitative estimate of drug-likeness (QED) is 0.116. The summed E-state index contributed by atoms with van der Waals surface area (Å²) in [6.45, 7) is 1.79. The molecule has 0 aliphatic carbocycles. The standard InChI is InChI=1S/C25H24N8O5/c1-13(34)38-18-11-15(22(26)27)4-5-17(18)30-20(16-10-14-6-9-37-21(14)19(12-16)36-2)23-31-25(35)33(32-23)24-28-7-3-8-29-24/h3-5,7-8,10-12,20,30H,6,9H2,1-2H3,(H3,26,27)(H,31,32,35). The summed E-state index contributed by atoms with van der Waals surface area (Å²) in [5.41, 5.74) is 7.51. The summed E-state index contributed by atoms with van der Waals surface area (Å²) in [7, 11) is 1.55. The Bertz CT molecular complexity index is 1580. The summed E-state index contributed by atoms with van der Waals surface area (Å²) in [5, 5.41) is 15.5. The molecule has 2 aromatic heterocycles. The molecule has 0 spiro atoms. The molecule has 13 nitrogen and oxygen atoms in total. The van der Waals surface area contributed by atoms with Gasteiger partial charge in [0.25, 0.3) is 5.95 Å². The molecule has 1 atom stereocenters. The number of benzene rings is 2. The van der Waals surface area contributed by atoms with Crippen LogP contribution in [0.2, 0.25) is 0 Å². The number of esters is 1. The zero-order valence-electron chi connectivity index (χ0n) is 20.5. The Hall–Kier alpha value is -5.20. The predicted octanol–water partition coefficient (Wildman–Crippen LogP) is 1.70. The molecule has 1 aliphatic rings. The zero-order chi connectivity index (χ0) is 26.8. The molecule has 13 heteroatoms. The van der Waals surface area contributed by atoms with Crippen molar-refractivity contribution in [2.24, 2.45) is 5.73 Å². The van der Waals surface area contributed by atoms with Gasteiger partial charge in [0.05, 0.1) is 19.4 Å². The summed E-state index contributed by atoms with van der Waals surface area (Å²) >= 11 is 0. The lowest BCUT2D eigenvalue weighted by Gasteiger charge is -2.21. The minimum Gasteiger partial charge on any atom is -0.493 e. The van der Waals surface area contributed by atoms with Crippen molar-refractivity contribution in [3.8, 4) is 23.2 Å². The predicted molar refractivity (Wildman–Crippen MR) is 136 cm³/mol. The van der Waals surface area contributed by atoms with E-state index in [2.05, 4.69) is 25.4 Å². The first-order valence-electron chi connectivity index (χ1n) is 11.6. The lowest BCUT2D eigenvalue weighted by molar-refractivity contribution is -0.131. The highest BCUT2D eigenvalue weighted by molar-refractivity contribution is 5.96. The molecule has 1 unspecified atom stereocenters. The number of ether oxygens (including phenoxy) is 3. The number of carbonyl (C=O) groups is 1. The summed E-state index contributed by atoms with van der Waals surface area (Å²) in [6.07, 6.45) is 3.69. The van der Waals surface area contributed by atoms with Gasteiger partial charge in [-0.2, -0.15) is 0 Å². The van der Waals surface area contributed by atoms with E-state index in [1.165, 1.54) is 25.4 Å². The zero-order valence-corrected chi connectivity index (χ0v) is 20.5. The van der Waals surface area contributed by atoms with E-state index in [1.807, 2.05) is 6.07 Å². The smallest absolute Gasteiger partial charge is 0.350 e. The molecule has 4 aromatic rings. The van der Waals surface area contributed by atoms with Crippen LogP contribution in [0.3, 0.4) is 0 Å². The number of fused-ring (bicyclic) bond motifs is 1. The molecule has 194 valence electrons. The molecular weight excluding hydrogens is 492 g/mol. The van der Waals surface area contributed by atoms with Gasteiger partial charge in [0.1, 0.15) is 11.9 Å². The number of nitrogens with one attached hydrogen (secondary N) is 3. The van der Waals surface area contributed by atoms with Gasteiger partial charge in [0, 0.05) is 36.9 Å². The molecule has 38 heavy (non-hydrogen) atoms. The van der Waals surface area contributed by atoms with Gasteiger partial charge in [-0.25, -0.2) is 14.8 Å². The first kappa shape index (κ1) is 24.5. The molecule has 0 saturated heterocycles. The third-order valence-corrected chi connectivity index (χ3v) is 5.82. The maximum atomic E-state index is 12.9. The fraction of sp³-hybridized carbons (Fsp3) is 0.200. The molecule has 0 bridgehead atoms. The number of H-pyrrole nitrogens is 1. The molecule has 0 fully saturated rings. The number of methoxy groups -OCH3 is 1. The van der Waals surface area contributed by atoms with E-state index >= 15 is 0 Å². The van der Waals surface area contributed by atoms with E-state index in [9.17, 15) is 9.59 Å². The third-order valence-electron chi connectivity index (χ3n) is 5.82. The third kappa shape index (κ3) is 4.76. The molecule has 0 radical (unpaired) electrons. The first-order chi connectivity index (χ1) is 18.3. The summed E-state index contributed by atoms with van der Waals surface area (Å²) in [4.78, 5) is 35.7. The van der Waals surface area contributed by atoms with Crippen LogP contribution in [0.5, 0.6) is 17.2 Å². The average molecular weight is 517 g/mol. The summed E-state index contributed by atoms with van der Waals surface area (Å²) < 4.78 is 17.8. The molecular formula is C25H24N8O5. The maximum absolute atomic E-state index is 12.9. The van der Waals surface area contributed by atoms with Crippen molar-refractivity contribution in [1.29, 1.82) is 5.41 Å². The number of nitrogens with zero attached hydrogens (tertiary/aromatic N) is 4. The largest absolute Gasteiger partial charge is 0.493 e. The number of nitrogens with two attached hydrogens (primary N) is 1. The molecule has 0 saturated carbocycles. The van der Waals surface area contributed by atoms with Crippen molar-refractivity contribution in [3.05, 3.63) is 81.8 Å². The molecule has 0 amide bonds. The SMILES string of the molecule is COc1cc(C(Nc2ccc(C(=N)N)cc2OC(C)=O)c2nn(-c3ncccn3)c(=O)[nH]2)cc2c1OCC2. The lowest BCUT2D eigenvalue weighted by atomic mass is 10.0. The molecule has 2 aromatic carbocycles. The summed E-state index contributed by atoms with van der Waals surface area (Å²) in [5.74, 6) is 0.953. The number of nitrogen functional groups attached to an aromatic ring is 1. The number of anilines is 1. The van der Waals surface area contributed by atoms with Crippen LogP contribution in [0.25, 0.3) is 5.95 Å². The van der Waals surface area contributed by atoms with Crippen LogP contribution in [0.1, 0.15) is 35.5 Å². The van der Waals surface area contributed by atoms with Crippen LogP contribution in [0.4, 0.5) is 5.69 Å². The van der Waals surface area contributed by atoms with Crippen LogP contribution < -0.4 is 31.0 Å². The first-order valence-corrected chi connectivity index (χ1v) is 11.6. The van der Waals surface area contributed by atoms with Crippen molar-refractivity contribution >= 4 is 17.5 Å². The van der Waals surface area contributed by atoms with Crippen molar-refractivity contribution in [2.75, 3.05) is 19.0 Å². The van der Waals surface area contributed by atoms with E-state index in [-0.39, 0.29) is 23.4 Å². The molecule has 1 aliphatic heterocycles. The second-order valence-electron chi connectivity index (χ2n) is 8.38. The number of hydrogen-bond donors (Lipinski definition) is 4. The minimum absolute atomic E-state index is 0.102. The Labute approximate surface area is 216 Å². The van der Waals surface area contributed by atoms with Crippen LogP contribution in [0.15, 0.2) is 53.6 Å². The number of aromatic amines is 1. The van der Waals surface area contributed by atoms with Gasteiger partial charge in [0.2, 0.25) is 0 Å². The van der Waals surface area contributed by atoms with Crippen LogP contribution in [-0.4, -0.2) is 50.3 Å². The van der Waals surface area contributed by atoms with Gasteiger partial charge in [-0.05, 0) is 42.0 Å². The lowest BCUT2D eigenvalue weighted by Crippen LogP contribution is -2.18. The maximum Gasteiger partial charge on any atom is 0.350 e. The molecule has 5 rings (SSSR count). The fourth-order valence-electron chi connectivity index (χ4n) is 4.13. The topological polar surface area (TPSA) is 183 Å². The Morgan fingerprint density at radius 2 is 2.03 bits per heavy atom.